The Hall–Kier alpha value is -2.15. The van der Waals surface area contributed by atoms with Crippen molar-refractivity contribution in [2.24, 2.45) is 5.92 Å². The van der Waals surface area contributed by atoms with Crippen LogP contribution in [0.1, 0.15) is 37.8 Å². The lowest BCUT2D eigenvalue weighted by Gasteiger charge is -2.35. The molecule has 1 aromatic rings. The summed E-state index contributed by atoms with van der Waals surface area (Å²) in [6, 6.07) is 4.78. The van der Waals surface area contributed by atoms with Crippen LogP contribution in [0, 0.1) is 11.7 Å². The molecule has 2 heterocycles. The van der Waals surface area contributed by atoms with Crippen molar-refractivity contribution in [3.05, 3.63) is 35.6 Å². The van der Waals surface area contributed by atoms with Gasteiger partial charge in [-0.3, -0.25) is 4.79 Å². The number of halogens is 1. The van der Waals surface area contributed by atoms with Crippen LogP contribution in [0.15, 0.2) is 24.3 Å². The largest absolute Gasteiger partial charge is 0.352 e. The van der Waals surface area contributed by atoms with E-state index in [2.05, 4.69) is 22.5 Å². The van der Waals surface area contributed by atoms with Gasteiger partial charge in [0, 0.05) is 19.6 Å². The van der Waals surface area contributed by atoms with Crippen molar-refractivity contribution in [2.75, 3.05) is 39.3 Å². The van der Waals surface area contributed by atoms with Gasteiger partial charge in [-0.15, -0.1) is 0 Å². The van der Waals surface area contributed by atoms with E-state index in [1.807, 2.05) is 0 Å². The number of hydrogen-bond acceptors (Lipinski definition) is 3. The highest BCUT2D eigenvalue weighted by Gasteiger charge is 2.34. The highest BCUT2D eigenvalue weighted by Crippen LogP contribution is 2.23. The topological polar surface area (TPSA) is 64.7 Å². The van der Waals surface area contributed by atoms with Gasteiger partial charge in [0.15, 0.2) is 0 Å². The molecule has 0 radical (unpaired) electrons. The maximum Gasteiger partial charge on any atom is 0.318 e. The standard InChI is InChI=1S/C20H29FN4O2/c1-15-7-12-24(13-8-15)11-2-9-23-20(27)25-14-10-22-19(26)18(25)16-3-5-17(21)6-4-16/h3-6,15,18H,2,7-14H2,1H3,(H,22,26)(H,23,27)/t18-/m0/s1. The summed E-state index contributed by atoms with van der Waals surface area (Å²) < 4.78 is 13.2. The first-order valence-electron chi connectivity index (χ1n) is 9.84. The molecular formula is C20H29FN4O2. The van der Waals surface area contributed by atoms with Gasteiger partial charge in [0.1, 0.15) is 11.9 Å². The second kappa shape index (κ2) is 9.17. The number of amides is 3. The zero-order chi connectivity index (χ0) is 19.2. The van der Waals surface area contributed by atoms with E-state index in [4.69, 9.17) is 0 Å². The van der Waals surface area contributed by atoms with Crippen LogP contribution in [0.3, 0.4) is 0 Å². The monoisotopic (exact) mass is 376 g/mol. The first kappa shape index (κ1) is 19.6. The van der Waals surface area contributed by atoms with Gasteiger partial charge >= 0.3 is 6.03 Å². The van der Waals surface area contributed by atoms with Crippen molar-refractivity contribution in [2.45, 2.75) is 32.2 Å². The van der Waals surface area contributed by atoms with Crippen molar-refractivity contribution in [1.29, 1.82) is 0 Å². The molecule has 1 aromatic carbocycles. The third-order valence-corrected chi connectivity index (χ3v) is 5.46. The van der Waals surface area contributed by atoms with Crippen molar-refractivity contribution < 1.29 is 14.0 Å². The molecule has 0 unspecified atom stereocenters. The predicted molar refractivity (Wildman–Crippen MR) is 102 cm³/mol. The molecule has 0 bridgehead atoms. The molecular weight excluding hydrogens is 347 g/mol. The molecule has 2 aliphatic rings. The van der Waals surface area contributed by atoms with Crippen LogP contribution in [0.4, 0.5) is 9.18 Å². The zero-order valence-electron chi connectivity index (χ0n) is 15.9. The Morgan fingerprint density at radius 1 is 1.22 bits per heavy atom. The van der Waals surface area contributed by atoms with E-state index in [1.165, 1.54) is 29.9 Å². The average Bonchev–Trinajstić information content (AvgIpc) is 2.67. The van der Waals surface area contributed by atoms with E-state index in [9.17, 15) is 14.0 Å². The van der Waals surface area contributed by atoms with Gasteiger partial charge in [0.05, 0.1) is 0 Å². The molecule has 3 amide bonds. The van der Waals surface area contributed by atoms with Gasteiger partial charge in [-0.25, -0.2) is 9.18 Å². The van der Waals surface area contributed by atoms with Gasteiger partial charge < -0.3 is 20.4 Å². The minimum Gasteiger partial charge on any atom is -0.352 e. The number of carbonyl (C=O) groups is 2. The number of urea groups is 1. The first-order valence-corrected chi connectivity index (χ1v) is 9.84. The van der Waals surface area contributed by atoms with Crippen molar-refractivity contribution in [1.82, 2.24) is 20.4 Å². The molecule has 27 heavy (non-hydrogen) atoms. The maximum atomic E-state index is 13.2. The summed E-state index contributed by atoms with van der Waals surface area (Å²) in [5.41, 5.74) is 0.617. The maximum absolute atomic E-state index is 13.2. The highest BCUT2D eigenvalue weighted by molar-refractivity contribution is 5.89. The first-order chi connectivity index (χ1) is 13.0. The molecule has 2 aliphatic heterocycles. The summed E-state index contributed by atoms with van der Waals surface area (Å²) in [6.07, 6.45) is 3.38. The summed E-state index contributed by atoms with van der Waals surface area (Å²) in [5.74, 6) is 0.220. The van der Waals surface area contributed by atoms with Gasteiger partial charge in [0.25, 0.3) is 0 Å². The van der Waals surface area contributed by atoms with Crippen LogP contribution in [-0.4, -0.2) is 61.0 Å². The molecule has 2 N–H and O–H groups in total. The van der Waals surface area contributed by atoms with Gasteiger partial charge in [-0.2, -0.15) is 0 Å². The van der Waals surface area contributed by atoms with Crippen LogP contribution in [0.2, 0.25) is 0 Å². The molecule has 1 atom stereocenters. The molecule has 0 aromatic heterocycles. The lowest BCUT2D eigenvalue weighted by atomic mass is 9.99. The summed E-state index contributed by atoms with van der Waals surface area (Å²) >= 11 is 0. The van der Waals surface area contributed by atoms with Crippen LogP contribution in [-0.2, 0) is 4.79 Å². The molecule has 3 rings (SSSR count). The number of nitrogens with one attached hydrogen (secondary N) is 2. The Balaban J connectivity index is 1.51. The number of benzene rings is 1. The number of likely N-dealkylation sites (tertiary alicyclic amines) is 1. The minimum absolute atomic E-state index is 0.231. The lowest BCUT2D eigenvalue weighted by Crippen LogP contribution is -2.55. The predicted octanol–water partition coefficient (Wildman–Crippen LogP) is 2.13. The molecule has 7 heteroatoms. The number of carbonyl (C=O) groups excluding carboxylic acids is 2. The Kier molecular flexibility index (Phi) is 6.66. The Morgan fingerprint density at radius 2 is 1.93 bits per heavy atom. The summed E-state index contributed by atoms with van der Waals surface area (Å²) in [6.45, 7) is 6.99. The molecule has 2 saturated heterocycles. The van der Waals surface area contributed by atoms with Crippen LogP contribution < -0.4 is 10.6 Å². The normalized spacial score (nSPS) is 21.8. The fourth-order valence-electron chi connectivity index (χ4n) is 3.75. The van der Waals surface area contributed by atoms with Gasteiger partial charge in [-0.05, 0) is 62.5 Å². The number of piperidine rings is 1. The van der Waals surface area contributed by atoms with E-state index in [1.54, 1.807) is 12.1 Å². The molecule has 6 nitrogen and oxygen atoms in total. The zero-order valence-corrected chi connectivity index (χ0v) is 15.9. The third-order valence-electron chi connectivity index (χ3n) is 5.46. The number of nitrogens with zero attached hydrogens (tertiary/aromatic N) is 2. The van der Waals surface area contributed by atoms with E-state index < -0.39 is 6.04 Å². The van der Waals surface area contributed by atoms with Crippen molar-refractivity contribution >= 4 is 11.9 Å². The molecule has 0 spiro atoms. The van der Waals surface area contributed by atoms with E-state index in [0.29, 0.717) is 25.2 Å². The number of piperazine rings is 1. The smallest absolute Gasteiger partial charge is 0.318 e. The second-order valence-electron chi connectivity index (χ2n) is 7.55. The summed E-state index contributed by atoms with van der Waals surface area (Å²) in [5, 5.41) is 5.72. The fraction of sp³-hybridized carbons (Fsp3) is 0.600. The average molecular weight is 376 g/mol. The quantitative estimate of drug-likeness (QED) is 0.774. The van der Waals surface area contributed by atoms with E-state index in [0.717, 1.165) is 32.0 Å². The minimum atomic E-state index is -0.720. The Morgan fingerprint density at radius 3 is 2.63 bits per heavy atom. The summed E-state index contributed by atoms with van der Waals surface area (Å²) in [4.78, 5) is 28.9. The molecule has 2 fully saturated rings. The van der Waals surface area contributed by atoms with E-state index >= 15 is 0 Å². The van der Waals surface area contributed by atoms with Crippen molar-refractivity contribution in [3.63, 3.8) is 0 Å². The second-order valence-corrected chi connectivity index (χ2v) is 7.55. The summed E-state index contributed by atoms with van der Waals surface area (Å²) in [7, 11) is 0. The molecule has 0 aliphatic carbocycles. The molecule has 148 valence electrons. The van der Waals surface area contributed by atoms with Gasteiger partial charge in [0.2, 0.25) is 5.91 Å². The highest BCUT2D eigenvalue weighted by atomic mass is 19.1. The molecule has 0 saturated carbocycles. The number of hydrogen-bond donors (Lipinski definition) is 2. The third kappa shape index (κ3) is 5.19. The van der Waals surface area contributed by atoms with Gasteiger partial charge in [-0.1, -0.05) is 19.1 Å². The lowest BCUT2D eigenvalue weighted by molar-refractivity contribution is -0.127. The SMILES string of the molecule is CC1CCN(CCCNC(=O)N2CCNC(=O)[C@@H]2c2ccc(F)cc2)CC1. The van der Waals surface area contributed by atoms with Crippen LogP contribution in [0.25, 0.3) is 0 Å². The Labute approximate surface area is 160 Å². The van der Waals surface area contributed by atoms with Crippen molar-refractivity contribution in [3.8, 4) is 0 Å². The Bertz CT molecular complexity index is 644. The van der Waals surface area contributed by atoms with Crippen LogP contribution >= 0.6 is 0 Å². The van der Waals surface area contributed by atoms with Crippen LogP contribution in [0.5, 0.6) is 0 Å². The fourth-order valence-corrected chi connectivity index (χ4v) is 3.75. The van der Waals surface area contributed by atoms with E-state index in [-0.39, 0.29) is 17.8 Å². The number of rotatable bonds is 5.